The smallest absolute Gasteiger partial charge is 0.188 e. The van der Waals surface area contributed by atoms with Gasteiger partial charge < -0.3 is 5.32 Å². The average molecular weight is 252 g/mol. The second-order valence-electron chi connectivity index (χ2n) is 6.30. The molecule has 0 radical (unpaired) electrons. The molecule has 1 aromatic rings. The van der Waals surface area contributed by atoms with Crippen LogP contribution in [0.3, 0.4) is 0 Å². The van der Waals surface area contributed by atoms with Crippen molar-refractivity contribution in [3.05, 3.63) is 5.82 Å². The number of rotatable bonds is 2. The summed E-state index contributed by atoms with van der Waals surface area (Å²) in [5, 5.41) is 15.8. The molecule has 0 bridgehead atoms. The molecule has 2 heterocycles. The maximum atomic E-state index is 4.26. The van der Waals surface area contributed by atoms with Gasteiger partial charge in [-0.1, -0.05) is 20.8 Å². The van der Waals surface area contributed by atoms with Crippen LogP contribution < -0.4 is 5.32 Å². The minimum Gasteiger partial charge on any atom is -0.311 e. The van der Waals surface area contributed by atoms with E-state index in [0.29, 0.717) is 12.1 Å². The molecule has 2 rings (SSSR count). The Labute approximate surface area is 109 Å². The molecule has 0 amide bonds. The third kappa shape index (κ3) is 3.05. The molecule has 2 atom stereocenters. The molecule has 0 saturated carbocycles. The molecule has 1 aromatic heterocycles. The summed E-state index contributed by atoms with van der Waals surface area (Å²) < 4.78 is 0. The summed E-state index contributed by atoms with van der Waals surface area (Å²) in [6.07, 6.45) is 0. The maximum absolute atomic E-state index is 4.26. The molecule has 102 valence electrons. The zero-order valence-corrected chi connectivity index (χ0v) is 12.0. The molecular weight excluding hydrogens is 228 g/mol. The normalized spacial score (nSPS) is 26.5. The summed E-state index contributed by atoms with van der Waals surface area (Å²) >= 11 is 0. The first-order chi connectivity index (χ1) is 8.36. The van der Waals surface area contributed by atoms with E-state index in [2.05, 4.69) is 53.3 Å². The van der Waals surface area contributed by atoms with Crippen molar-refractivity contribution in [3.63, 3.8) is 0 Å². The Hall–Kier alpha value is -1.01. The van der Waals surface area contributed by atoms with E-state index in [9.17, 15) is 0 Å². The summed E-state index contributed by atoms with van der Waals surface area (Å²) in [6.45, 7) is 11.9. The SMILES string of the molecule is CC1CNC(C(C)(C)C)CN1Cc1nnn(C)n1. The molecule has 6 nitrogen and oxygen atoms in total. The van der Waals surface area contributed by atoms with Crippen LogP contribution in [0.2, 0.25) is 0 Å². The maximum Gasteiger partial charge on any atom is 0.188 e. The zero-order valence-electron chi connectivity index (χ0n) is 12.0. The Morgan fingerprint density at radius 1 is 1.39 bits per heavy atom. The molecule has 0 aliphatic carbocycles. The van der Waals surface area contributed by atoms with Crippen molar-refractivity contribution >= 4 is 0 Å². The third-order valence-corrected chi connectivity index (χ3v) is 3.64. The predicted octanol–water partition coefficient (Wildman–Crippen LogP) is 0.419. The van der Waals surface area contributed by atoms with Gasteiger partial charge in [-0.2, -0.15) is 4.80 Å². The fraction of sp³-hybridized carbons (Fsp3) is 0.917. The fourth-order valence-electron chi connectivity index (χ4n) is 2.29. The number of hydrogen-bond donors (Lipinski definition) is 1. The van der Waals surface area contributed by atoms with Gasteiger partial charge in [0.25, 0.3) is 0 Å². The van der Waals surface area contributed by atoms with E-state index in [0.717, 1.165) is 25.5 Å². The number of nitrogens with zero attached hydrogens (tertiary/aromatic N) is 5. The highest BCUT2D eigenvalue weighted by molar-refractivity contribution is 4.92. The average Bonchev–Trinajstić information content (AvgIpc) is 2.66. The van der Waals surface area contributed by atoms with Crippen LogP contribution in [0.15, 0.2) is 0 Å². The van der Waals surface area contributed by atoms with Crippen LogP contribution >= 0.6 is 0 Å². The lowest BCUT2D eigenvalue weighted by Gasteiger charge is -2.43. The number of hydrogen-bond acceptors (Lipinski definition) is 5. The Morgan fingerprint density at radius 2 is 2.11 bits per heavy atom. The Kier molecular flexibility index (Phi) is 3.68. The standard InChI is InChI=1S/C12H24N6/c1-9-6-13-10(12(2,3)4)7-18(9)8-11-14-16-17(5)15-11/h9-10,13H,6-8H2,1-5H3. The highest BCUT2D eigenvalue weighted by atomic mass is 15.6. The van der Waals surface area contributed by atoms with Crippen LogP contribution in [0.5, 0.6) is 0 Å². The molecule has 2 unspecified atom stereocenters. The lowest BCUT2D eigenvalue weighted by Crippen LogP contribution is -2.59. The molecule has 1 aliphatic heterocycles. The van der Waals surface area contributed by atoms with Gasteiger partial charge in [0.1, 0.15) is 0 Å². The zero-order chi connectivity index (χ0) is 13.3. The highest BCUT2D eigenvalue weighted by Crippen LogP contribution is 2.23. The molecule has 1 fully saturated rings. The molecule has 1 aliphatic rings. The summed E-state index contributed by atoms with van der Waals surface area (Å²) in [4.78, 5) is 3.95. The van der Waals surface area contributed by atoms with E-state index < -0.39 is 0 Å². The minimum atomic E-state index is 0.272. The summed E-state index contributed by atoms with van der Waals surface area (Å²) in [7, 11) is 1.80. The van der Waals surface area contributed by atoms with Gasteiger partial charge in [0.15, 0.2) is 5.82 Å². The van der Waals surface area contributed by atoms with Crippen molar-refractivity contribution in [2.45, 2.75) is 46.3 Å². The van der Waals surface area contributed by atoms with E-state index in [1.165, 1.54) is 4.80 Å². The van der Waals surface area contributed by atoms with E-state index >= 15 is 0 Å². The van der Waals surface area contributed by atoms with Crippen LogP contribution in [0.1, 0.15) is 33.5 Å². The van der Waals surface area contributed by atoms with Gasteiger partial charge >= 0.3 is 0 Å². The second-order valence-corrected chi connectivity index (χ2v) is 6.30. The van der Waals surface area contributed by atoms with Gasteiger partial charge in [-0.15, -0.1) is 10.2 Å². The van der Waals surface area contributed by atoms with Crippen LogP contribution in [0.25, 0.3) is 0 Å². The minimum absolute atomic E-state index is 0.272. The van der Waals surface area contributed by atoms with Crippen molar-refractivity contribution in [1.82, 2.24) is 30.4 Å². The van der Waals surface area contributed by atoms with Crippen molar-refractivity contribution < 1.29 is 0 Å². The molecule has 6 heteroatoms. The Bertz CT molecular complexity index is 394. The van der Waals surface area contributed by atoms with Gasteiger partial charge in [-0.3, -0.25) is 4.90 Å². The van der Waals surface area contributed by atoms with Gasteiger partial charge in [-0.05, 0) is 17.6 Å². The number of nitrogens with one attached hydrogen (secondary N) is 1. The molecule has 18 heavy (non-hydrogen) atoms. The first kappa shape index (κ1) is 13.4. The Balaban J connectivity index is 2.02. The van der Waals surface area contributed by atoms with E-state index in [4.69, 9.17) is 0 Å². The molecular formula is C12H24N6. The lowest BCUT2D eigenvalue weighted by molar-refractivity contribution is 0.0855. The molecule has 1 saturated heterocycles. The summed E-state index contributed by atoms with van der Waals surface area (Å²) in [5.74, 6) is 0.805. The number of piperazine rings is 1. The first-order valence-electron chi connectivity index (χ1n) is 6.56. The predicted molar refractivity (Wildman–Crippen MR) is 69.9 cm³/mol. The monoisotopic (exact) mass is 252 g/mol. The Morgan fingerprint density at radius 3 is 2.67 bits per heavy atom. The topological polar surface area (TPSA) is 58.9 Å². The molecule has 0 spiro atoms. The van der Waals surface area contributed by atoms with E-state index in [-0.39, 0.29) is 5.41 Å². The van der Waals surface area contributed by atoms with E-state index in [1.807, 2.05) is 0 Å². The van der Waals surface area contributed by atoms with Crippen molar-refractivity contribution in [3.8, 4) is 0 Å². The third-order valence-electron chi connectivity index (χ3n) is 3.64. The van der Waals surface area contributed by atoms with Gasteiger partial charge in [0.05, 0.1) is 13.6 Å². The quantitative estimate of drug-likeness (QED) is 0.826. The van der Waals surface area contributed by atoms with Crippen LogP contribution in [-0.2, 0) is 13.6 Å². The van der Waals surface area contributed by atoms with Crippen LogP contribution in [-0.4, -0.2) is 50.3 Å². The van der Waals surface area contributed by atoms with Gasteiger partial charge in [0, 0.05) is 25.2 Å². The highest BCUT2D eigenvalue weighted by Gasteiger charge is 2.32. The summed E-state index contributed by atoms with van der Waals surface area (Å²) in [6, 6.07) is 1.01. The van der Waals surface area contributed by atoms with Crippen molar-refractivity contribution in [2.75, 3.05) is 13.1 Å². The molecule has 1 N–H and O–H groups in total. The number of tetrazole rings is 1. The van der Waals surface area contributed by atoms with Crippen molar-refractivity contribution in [2.24, 2.45) is 12.5 Å². The second kappa shape index (κ2) is 4.93. The van der Waals surface area contributed by atoms with Gasteiger partial charge in [0.2, 0.25) is 0 Å². The van der Waals surface area contributed by atoms with E-state index in [1.54, 1.807) is 7.05 Å². The van der Waals surface area contributed by atoms with Crippen LogP contribution in [0, 0.1) is 5.41 Å². The first-order valence-corrected chi connectivity index (χ1v) is 6.56. The van der Waals surface area contributed by atoms with Crippen LogP contribution in [0.4, 0.5) is 0 Å². The summed E-state index contributed by atoms with van der Waals surface area (Å²) in [5.41, 5.74) is 0.272. The fourth-order valence-corrected chi connectivity index (χ4v) is 2.29. The lowest BCUT2D eigenvalue weighted by atomic mass is 9.85. The number of aromatic nitrogens is 4. The van der Waals surface area contributed by atoms with Crippen molar-refractivity contribution in [1.29, 1.82) is 0 Å². The largest absolute Gasteiger partial charge is 0.311 e. The number of aryl methyl sites for hydroxylation is 1. The molecule has 0 aromatic carbocycles. The van der Waals surface area contributed by atoms with Gasteiger partial charge in [-0.25, -0.2) is 0 Å².